The first-order chi connectivity index (χ1) is 16.6. The molecule has 0 saturated carbocycles. The van der Waals surface area contributed by atoms with Gasteiger partial charge in [0.05, 0.1) is 20.6 Å². The van der Waals surface area contributed by atoms with Gasteiger partial charge in [0, 0.05) is 13.0 Å². The monoisotopic (exact) mass is 643 g/mol. The van der Waals surface area contributed by atoms with E-state index in [4.69, 9.17) is 5.11 Å². The van der Waals surface area contributed by atoms with Crippen molar-refractivity contribution in [1.29, 1.82) is 0 Å². The summed E-state index contributed by atoms with van der Waals surface area (Å²) in [6.07, 6.45) is -8.66. The summed E-state index contributed by atoms with van der Waals surface area (Å²) >= 11 is 0. The Morgan fingerprint density at radius 2 is 1.00 bits per heavy atom. The van der Waals surface area contributed by atoms with Crippen LogP contribution in [0.15, 0.2) is 0 Å². The molecule has 0 aliphatic rings. The standard InChI is InChI=1S/C15H15F17N2O4S/c1-34(2,6-7(35)36)5-3-4-33-39(37,38)15(31,32)13(26,27)11(22,23)9(18,19)8(16,17)10(20,21)12(24,25)14(28,29)30/h33H,3-6H2,1-2H3/p+1. The van der Waals surface area contributed by atoms with E-state index in [9.17, 15) is 87.8 Å². The Hall–Kier alpha value is -1.85. The summed E-state index contributed by atoms with van der Waals surface area (Å²) in [6.45, 7) is -2.63. The van der Waals surface area contributed by atoms with Crippen LogP contribution in [0.4, 0.5) is 74.6 Å². The van der Waals surface area contributed by atoms with Gasteiger partial charge in [-0.2, -0.15) is 74.6 Å². The van der Waals surface area contributed by atoms with Gasteiger partial charge in [-0.1, -0.05) is 0 Å². The molecule has 0 saturated heterocycles. The number of alkyl halides is 17. The second kappa shape index (κ2) is 10.2. The minimum Gasteiger partial charge on any atom is -0.477 e. The van der Waals surface area contributed by atoms with Crippen molar-refractivity contribution >= 4 is 16.0 Å². The van der Waals surface area contributed by atoms with Gasteiger partial charge in [-0.15, -0.1) is 0 Å². The van der Waals surface area contributed by atoms with Gasteiger partial charge in [-0.05, 0) is 0 Å². The molecule has 0 spiro atoms. The molecule has 0 rings (SSSR count). The highest BCUT2D eigenvalue weighted by Crippen LogP contribution is 2.64. The van der Waals surface area contributed by atoms with Crippen LogP contribution in [-0.2, 0) is 14.8 Å². The Labute approximate surface area is 206 Å². The van der Waals surface area contributed by atoms with E-state index in [-0.39, 0.29) is 0 Å². The van der Waals surface area contributed by atoms with Gasteiger partial charge in [0.2, 0.25) is 0 Å². The predicted octanol–water partition coefficient (Wildman–Crippen LogP) is 4.42. The van der Waals surface area contributed by atoms with Crippen molar-refractivity contribution < 1.29 is 97.4 Å². The molecule has 24 heteroatoms. The number of carboxylic acid groups (broad SMARTS) is 1. The minimum absolute atomic E-state index is 0.470. The van der Waals surface area contributed by atoms with Gasteiger partial charge < -0.3 is 9.59 Å². The van der Waals surface area contributed by atoms with Crippen molar-refractivity contribution in [1.82, 2.24) is 4.72 Å². The maximum atomic E-state index is 13.9. The van der Waals surface area contributed by atoms with Crippen LogP contribution in [-0.4, -0.2) is 105 Å². The van der Waals surface area contributed by atoms with Crippen LogP contribution in [0.3, 0.4) is 0 Å². The average molecular weight is 643 g/mol. The molecule has 6 nitrogen and oxygen atoms in total. The molecule has 0 aromatic heterocycles. The van der Waals surface area contributed by atoms with Crippen LogP contribution < -0.4 is 4.72 Å². The smallest absolute Gasteiger partial charge is 0.460 e. The quantitative estimate of drug-likeness (QED) is 0.167. The first-order valence-corrected chi connectivity index (χ1v) is 10.8. The third kappa shape index (κ3) is 5.95. The van der Waals surface area contributed by atoms with E-state index < -0.39 is 93.5 Å². The number of nitrogens with zero attached hydrogens (tertiary/aromatic N) is 1. The van der Waals surface area contributed by atoms with Crippen LogP contribution in [0, 0.1) is 0 Å². The Bertz CT molecular complexity index is 1010. The molecule has 0 unspecified atom stereocenters. The van der Waals surface area contributed by atoms with Crippen LogP contribution in [0.1, 0.15) is 6.42 Å². The topological polar surface area (TPSA) is 83.5 Å². The zero-order valence-corrected chi connectivity index (χ0v) is 19.6. The molecule has 0 fully saturated rings. The van der Waals surface area contributed by atoms with E-state index in [0.717, 1.165) is 14.1 Å². The largest absolute Gasteiger partial charge is 0.477 e. The first-order valence-electron chi connectivity index (χ1n) is 9.37. The van der Waals surface area contributed by atoms with E-state index >= 15 is 0 Å². The number of sulfonamides is 1. The van der Waals surface area contributed by atoms with Gasteiger partial charge in [0.25, 0.3) is 10.0 Å². The average Bonchev–Trinajstić information content (AvgIpc) is 2.68. The molecule has 0 amide bonds. The molecule has 0 aliphatic carbocycles. The van der Waals surface area contributed by atoms with Crippen molar-refractivity contribution in [3.05, 3.63) is 0 Å². The van der Waals surface area contributed by atoms with E-state index in [2.05, 4.69) is 0 Å². The number of nitrogens with one attached hydrogen (secondary N) is 1. The second-order valence-electron chi connectivity index (χ2n) is 8.42. The highest BCUT2D eigenvalue weighted by atomic mass is 32.2. The van der Waals surface area contributed by atoms with Gasteiger partial charge in [-0.3, -0.25) is 0 Å². The molecule has 0 radical (unpaired) electrons. The van der Waals surface area contributed by atoms with Crippen LogP contribution in [0.25, 0.3) is 0 Å². The molecule has 0 atom stereocenters. The van der Waals surface area contributed by atoms with E-state index in [0.29, 0.717) is 4.72 Å². The number of carbonyl (C=O) groups is 1. The number of quaternary nitrogens is 1. The highest BCUT2D eigenvalue weighted by Gasteiger charge is 2.96. The van der Waals surface area contributed by atoms with Crippen LogP contribution >= 0.6 is 0 Å². The fourth-order valence-electron chi connectivity index (χ4n) is 2.57. The van der Waals surface area contributed by atoms with Crippen LogP contribution in [0.5, 0.6) is 0 Å². The molecule has 0 bridgehead atoms. The number of likely N-dealkylation sites (N-methyl/N-ethyl adjacent to an activating group) is 1. The highest BCUT2D eigenvalue weighted by molar-refractivity contribution is 7.90. The number of carboxylic acids is 1. The first kappa shape index (κ1) is 37.1. The van der Waals surface area contributed by atoms with E-state index in [1.165, 1.54) is 0 Å². The molecule has 39 heavy (non-hydrogen) atoms. The van der Waals surface area contributed by atoms with Gasteiger partial charge >= 0.3 is 52.9 Å². The molecule has 0 aliphatic heterocycles. The summed E-state index contributed by atoms with van der Waals surface area (Å²) in [5.41, 5.74) is 0. The van der Waals surface area contributed by atoms with Crippen LogP contribution in [0.2, 0.25) is 0 Å². The zero-order valence-electron chi connectivity index (χ0n) is 18.8. The fraction of sp³-hybridized carbons (Fsp3) is 0.933. The van der Waals surface area contributed by atoms with E-state index in [1.54, 1.807) is 0 Å². The zero-order chi connectivity index (χ0) is 32.1. The lowest BCUT2D eigenvalue weighted by Gasteiger charge is -2.42. The summed E-state index contributed by atoms with van der Waals surface area (Å²) in [7, 11) is -5.07. The summed E-state index contributed by atoms with van der Waals surface area (Å²) in [5.74, 6) is -53.3. The van der Waals surface area contributed by atoms with Crippen molar-refractivity contribution in [2.75, 3.05) is 33.7 Å². The van der Waals surface area contributed by atoms with E-state index in [1.807, 2.05) is 0 Å². The third-order valence-electron chi connectivity index (χ3n) is 4.83. The molecular weight excluding hydrogens is 627 g/mol. The SMILES string of the molecule is C[N+](C)(CCCNS(=O)(=O)C(F)(F)C(F)(F)C(F)(F)C(F)(F)C(F)(F)C(F)(F)C(F)(F)C(F)(F)F)CC(=O)O. The number of hydrogen-bond acceptors (Lipinski definition) is 3. The molecule has 0 aromatic rings. The van der Waals surface area contributed by atoms with Crippen molar-refractivity contribution in [3.8, 4) is 0 Å². The van der Waals surface area contributed by atoms with Crippen molar-refractivity contribution in [2.45, 2.75) is 53.4 Å². The summed E-state index contributed by atoms with van der Waals surface area (Å²) in [6, 6.07) is 0. The Morgan fingerprint density at radius 1 is 0.667 bits per heavy atom. The Kier molecular flexibility index (Phi) is 9.72. The van der Waals surface area contributed by atoms with Gasteiger partial charge in [0.15, 0.2) is 6.54 Å². The summed E-state index contributed by atoms with van der Waals surface area (Å²) < 4.78 is 248. The number of hydrogen-bond donors (Lipinski definition) is 2. The van der Waals surface area contributed by atoms with Crippen molar-refractivity contribution in [2.24, 2.45) is 0 Å². The lowest BCUT2D eigenvalue weighted by atomic mass is 9.91. The molecule has 0 aromatic carbocycles. The van der Waals surface area contributed by atoms with Gasteiger partial charge in [0.1, 0.15) is 0 Å². The number of rotatable bonds is 14. The molecule has 234 valence electrons. The lowest BCUT2D eigenvalue weighted by molar-refractivity contribution is -0.883. The lowest BCUT2D eigenvalue weighted by Crippen LogP contribution is -2.75. The summed E-state index contributed by atoms with van der Waals surface area (Å²) in [4.78, 5) is 10.6. The second-order valence-corrected chi connectivity index (χ2v) is 10.2. The predicted molar refractivity (Wildman–Crippen MR) is 91.7 cm³/mol. The summed E-state index contributed by atoms with van der Waals surface area (Å²) in [5, 5.41) is 0.997. The fourth-order valence-corrected chi connectivity index (χ4v) is 3.63. The molecular formula is C15H16F17N2O4S+. The molecule has 2 N–H and O–H groups in total. The number of halogens is 17. The minimum atomic E-state index is -8.89. The third-order valence-corrected chi connectivity index (χ3v) is 6.34. The number of aliphatic carboxylic acids is 1. The Morgan fingerprint density at radius 3 is 1.33 bits per heavy atom. The Balaban J connectivity index is 6.38. The molecule has 0 heterocycles. The normalized spacial score (nSPS) is 16.0. The van der Waals surface area contributed by atoms with Crippen molar-refractivity contribution in [3.63, 3.8) is 0 Å². The maximum Gasteiger partial charge on any atom is 0.460 e. The maximum absolute atomic E-state index is 13.9. The van der Waals surface area contributed by atoms with Gasteiger partial charge in [-0.25, -0.2) is 17.9 Å².